The van der Waals surface area contributed by atoms with Crippen LogP contribution in [0.4, 0.5) is 0 Å². The molecule has 1 aliphatic heterocycles. The summed E-state index contributed by atoms with van der Waals surface area (Å²) in [5.41, 5.74) is 6.28. The lowest BCUT2D eigenvalue weighted by Crippen LogP contribution is -2.38. The maximum absolute atomic E-state index is 12.1. The minimum absolute atomic E-state index is 0.00870. The maximum Gasteiger partial charge on any atom is 0.260 e. The van der Waals surface area contributed by atoms with E-state index in [0.717, 1.165) is 25.9 Å². The second kappa shape index (κ2) is 7.26. The van der Waals surface area contributed by atoms with Crippen molar-refractivity contribution in [3.05, 3.63) is 23.8 Å². The fourth-order valence-corrected chi connectivity index (χ4v) is 2.41. The number of likely N-dealkylation sites (tertiary alicyclic amines) is 1. The first kappa shape index (κ1) is 15.6. The minimum atomic E-state index is 0.00870. The lowest BCUT2D eigenvalue weighted by atomic mass is 10.1. The van der Waals surface area contributed by atoms with Gasteiger partial charge in [0.15, 0.2) is 6.61 Å². The number of carbonyl (C=O) groups is 1. The number of carbonyl (C=O) groups excluding carboxylic acids is 1. The SMILES string of the molecule is COc1cc(OCC(=O)N2CCCCC2)cc(C(N)=S)c1. The lowest BCUT2D eigenvalue weighted by Gasteiger charge is -2.26. The molecule has 6 heteroatoms. The van der Waals surface area contributed by atoms with Gasteiger partial charge in [-0.1, -0.05) is 12.2 Å². The zero-order chi connectivity index (χ0) is 15.2. The molecule has 21 heavy (non-hydrogen) atoms. The van der Waals surface area contributed by atoms with Crippen molar-refractivity contribution in [1.82, 2.24) is 4.90 Å². The van der Waals surface area contributed by atoms with Gasteiger partial charge in [-0.3, -0.25) is 4.79 Å². The van der Waals surface area contributed by atoms with Gasteiger partial charge in [0.1, 0.15) is 16.5 Å². The van der Waals surface area contributed by atoms with Crippen molar-refractivity contribution in [2.45, 2.75) is 19.3 Å². The van der Waals surface area contributed by atoms with Gasteiger partial charge < -0.3 is 20.1 Å². The summed E-state index contributed by atoms with van der Waals surface area (Å²) in [6.07, 6.45) is 3.32. The molecule has 1 fully saturated rings. The van der Waals surface area contributed by atoms with Gasteiger partial charge in [-0.05, 0) is 31.4 Å². The van der Waals surface area contributed by atoms with Crippen LogP contribution < -0.4 is 15.2 Å². The summed E-state index contributed by atoms with van der Waals surface area (Å²) in [5, 5.41) is 0. The number of thiocarbonyl (C=S) groups is 1. The van der Waals surface area contributed by atoms with Crippen LogP contribution in [-0.2, 0) is 4.79 Å². The molecule has 114 valence electrons. The molecule has 0 atom stereocenters. The van der Waals surface area contributed by atoms with E-state index < -0.39 is 0 Å². The third-order valence-electron chi connectivity index (χ3n) is 3.47. The predicted octanol–water partition coefficient (Wildman–Crippen LogP) is 1.72. The van der Waals surface area contributed by atoms with Crippen LogP contribution in [0.15, 0.2) is 18.2 Å². The third-order valence-corrected chi connectivity index (χ3v) is 3.71. The quantitative estimate of drug-likeness (QED) is 0.839. The summed E-state index contributed by atoms with van der Waals surface area (Å²) in [5.74, 6) is 1.14. The molecule has 1 amide bonds. The number of methoxy groups -OCH3 is 1. The molecule has 0 saturated carbocycles. The highest BCUT2D eigenvalue weighted by atomic mass is 32.1. The van der Waals surface area contributed by atoms with E-state index in [1.807, 2.05) is 4.90 Å². The Balaban J connectivity index is 2.00. The molecule has 5 nitrogen and oxygen atoms in total. The Hall–Kier alpha value is -1.82. The Kier molecular flexibility index (Phi) is 5.38. The molecule has 0 aromatic heterocycles. The van der Waals surface area contributed by atoms with Gasteiger partial charge in [-0.25, -0.2) is 0 Å². The van der Waals surface area contributed by atoms with Gasteiger partial charge in [0.2, 0.25) is 0 Å². The standard InChI is InChI=1S/C15H20N2O3S/c1-19-12-7-11(15(16)21)8-13(9-12)20-10-14(18)17-5-3-2-4-6-17/h7-9H,2-6,10H2,1H3,(H2,16,21). The highest BCUT2D eigenvalue weighted by Crippen LogP contribution is 2.23. The van der Waals surface area contributed by atoms with E-state index in [-0.39, 0.29) is 17.5 Å². The molecular formula is C15H20N2O3S. The molecule has 1 heterocycles. The van der Waals surface area contributed by atoms with Crippen molar-refractivity contribution >= 4 is 23.1 Å². The largest absolute Gasteiger partial charge is 0.497 e. The summed E-state index contributed by atoms with van der Waals surface area (Å²) >= 11 is 4.96. The van der Waals surface area contributed by atoms with Crippen LogP contribution in [-0.4, -0.2) is 42.6 Å². The molecular weight excluding hydrogens is 288 g/mol. The monoisotopic (exact) mass is 308 g/mol. The number of hydrogen-bond acceptors (Lipinski definition) is 4. The topological polar surface area (TPSA) is 64.8 Å². The molecule has 1 saturated heterocycles. The Bertz CT molecular complexity index is 528. The molecule has 0 spiro atoms. The Morgan fingerprint density at radius 1 is 1.24 bits per heavy atom. The van der Waals surface area contributed by atoms with Gasteiger partial charge in [0, 0.05) is 24.7 Å². The number of nitrogens with zero attached hydrogens (tertiary/aromatic N) is 1. The summed E-state index contributed by atoms with van der Waals surface area (Å²) in [4.78, 5) is 14.2. The van der Waals surface area contributed by atoms with E-state index in [4.69, 9.17) is 27.4 Å². The zero-order valence-electron chi connectivity index (χ0n) is 12.1. The first-order chi connectivity index (χ1) is 10.1. The molecule has 0 aliphatic carbocycles. The predicted molar refractivity (Wildman–Crippen MR) is 84.8 cm³/mol. The Morgan fingerprint density at radius 2 is 1.90 bits per heavy atom. The van der Waals surface area contributed by atoms with Crippen molar-refractivity contribution in [3.63, 3.8) is 0 Å². The Labute approximate surface area is 130 Å². The number of hydrogen-bond donors (Lipinski definition) is 1. The van der Waals surface area contributed by atoms with Crippen LogP contribution in [0, 0.1) is 0 Å². The van der Waals surface area contributed by atoms with Crippen LogP contribution in [0.1, 0.15) is 24.8 Å². The van der Waals surface area contributed by atoms with E-state index >= 15 is 0 Å². The first-order valence-electron chi connectivity index (χ1n) is 6.99. The second-order valence-electron chi connectivity index (χ2n) is 4.99. The van der Waals surface area contributed by atoms with Gasteiger partial charge in [-0.2, -0.15) is 0 Å². The van der Waals surface area contributed by atoms with E-state index in [1.54, 1.807) is 25.3 Å². The van der Waals surface area contributed by atoms with E-state index in [2.05, 4.69) is 0 Å². The van der Waals surface area contributed by atoms with Crippen molar-refractivity contribution in [1.29, 1.82) is 0 Å². The van der Waals surface area contributed by atoms with E-state index in [1.165, 1.54) is 6.42 Å². The van der Waals surface area contributed by atoms with Crippen LogP contribution in [0.3, 0.4) is 0 Å². The van der Waals surface area contributed by atoms with E-state index in [9.17, 15) is 4.79 Å². The molecule has 1 aromatic carbocycles. The number of amides is 1. The summed E-state index contributed by atoms with van der Waals surface area (Å²) < 4.78 is 10.7. The summed E-state index contributed by atoms with van der Waals surface area (Å²) in [7, 11) is 1.56. The smallest absolute Gasteiger partial charge is 0.260 e. The zero-order valence-corrected chi connectivity index (χ0v) is 12.9. The first-order valence-corrected chi connectivity index (χ1v) is 7.40. The molecule has 2 N–H and O–H groups in total. The molecule has 1 aliphatic rings. The van der Waals surface area contributed by atoms with Gasteiger partial charge in [0.25, 0.3) is 5.91 Å². The summed E-state index contributed by atoms with van der Waals surface area (Å²) in [6.45, 7) is 1.65. The van der Waals surface area contributed by atoms with Crippen LogP contribution in [0.5, 0.6) is 11.5 Å². The maximum atomic E-state index is 12.1. The minimum Gasteiger partial charge on any atom is -0.497 e. The van der Waals surface area contributed by atoms with Crippen molar-refractivity contribution in [2.24, 2.45) is 5.73 Å². The fourth-order valence-electron chi connectivity index (χ4n) is 2.29. The molecule has 0 unspecified atom stereocenters. The number of piperidine rings is 1. The lowest BCUT2D eigenvalue weighted by molar-refractivity contribution is -0.134. The second-order valence-corrected chi connectivity index (χ2v) is 5.43. The van der Waals surface area contributed by atoms with Gasteiger partial charge in [-0.15, -0.1) is 0 Å². The average Bonchev–Trinajstić information content (AvgIpc) is 2.53. The number of ether oxygens (including phenoxy) is 2. The number of benzene rings is 1. The third kappa shape index (κ3) is 4.32. The van der Waals surface area contributed by atoms with Crippen molar-refractivity contribution < 1.29 is 14.3 Å². The molecule has 0 radical (unpaired) electrons. The molecule has 0 bridgehead atoms. The highest BCUT2D eigenvalue weighted by molar-refractivity contribution is 7.80. The Morgan fingerprint density at radius 3 is 2.52 bits per heavy atom. The molecule has 2 rings (SSSR count). The van der Waals surface area contributed by atoms with Gasteiger partial charge >= 0.3 is 0 Å². The number of nitrogens with two attached hydrogens (primary N) is 1. The number of rotatable bonds is 5. The van der Waals surface area contributed by atoms with Crippen molar-refractivity contribution in [2.75, 3.05) is 26.8 Å². The summed E-state index contributed by atoms with van der Waals surface area (Å²) in [6, 6.07) is 5.17. The van der Waals surface area contributed by atoms with Crippen LogP contribution in [0.25, 0.3) is 0 Å². The average molecular weight is 308 g/mol. The normalized spacial score (nSPS) is 14.6. The molecule has 1 aromatic rings. The highest BCUT2D eigenvalue weighted by Gasteiger charge is 2.17. The van der Waals surface area contributed by atoms with Crippen LogP contribution >= 0.6 is 12.2 Å². The van der Waals surface area contributed by atoms with Crippen LogP contribution in [0.2, 0.25) is 0 Å². The van der Waals surface area contributed by atoms with Gasteiger partial charge in [0.05, 0.1) is 7.11 Å². The van der Waals surface area contributed by atoms with Crippen molar-refractivity contribution in [3.8, 4) is 11.5 Å². The fraction of sp³-hybridized carbons (Fsp3) is 0.467. The van der Waals surface area contributed by atoms with E-state index in [0.29, 0.717) is 17.1 Å².